The van der Waals surface area contributed by atoms with Crippen LogP contribution in [0, 0.1) is 6.92 Å². The predicted molar refractivity (Wildman–Crippen MR) is 62.9 cm³/mol. The van der Waals surface area contributed by atoms with E-state index in [2.05, 4.69) is 12.2 Å². The van der Waals surface area contributed by atoms with Crippen LogP contribution in [0.2, 0.25) is 0 Å². The highest BCUT2D eigenvalue weighted by atomic mass is 16.1. The largest absolute Gasteiger partial charge is 0.330 e. The molecule has 15 heavy (non-hydrogen) atoms. The Labute approximate surface area is 90.7 Å². The monoisotopic (exact) mass is 206 g/mol. The Morgan fingerprint density at radius 2 is 2.20 bits per heavy atom. The Morgan fingerprint density at radius 3 is 2.80 bits per heavy atom. The first-order valence-corrected chi connectivity index (χ1v) is 5.27. The van der Waals surface area contributed by atoms with Crippen molar-refractivity contribution in [2.75, 3.05) is 11.9 Å². The molecule has 0 unspecified atom stereocenters. The molecule has 0 bridgehead atoms. The van der Waals surface area contributed by atoms with Crippen molar-refractivity contribution in [1.82, 2.24) is 0 Å². The Morgan fingerprint density at radius 1 is 1.47 bits per heavy atom. The molecule has 3 nitrogen and oxygen atoms in total. The van der Waals surface area contributed by atoms with Gasteiger partial charge in [0.1, 0.15) is 0 Å². The van der Waals surface area contributed by atoms with Crippen molar-refractivity contribution >= 4 is 11.6 Å². The van der Waals surface area contributed by atoms with E-state index in [9.17, 15) is 4.79 Å². The van der Waals surface area contributed by atoms with E-state index in [-0.39, 0.29) is 5.91 Å². The number of carbonyl (C=O) groups excluding carboxylic acids is 1. The fourth-order valence-electron chi connectivity index (χ4n) is 1.54. The first-order valence-electron chi connectivity index (χ1n) is 5.27. The van der Waals surface area contributed by atoms with Crippen LogP contribution in [0.4, 0.5) is 5.69 Å². The molecule has 0 aliphatic rings. The summed E-state index contributed by atoms with van der Waals surface area (Å²) in [5.74, 6) is -0.0125. The number of rotatable bonds is 4. The highest BCUT2D eigenvalue weighted by Gasteiger charge is 2.07. The standard InChI is InChI=1S/C12H18N2O/c1-3-10-6-4-5-9(2)12(10)14-11(15)7-8-13/h4-6H,3,7-8,13H2,1-2H3,(H,14,15). The van der Waals surface area contributed by atoms with Crippen molar-refractivity contribution in [2.45, 2.75) is 26.7 Å². The van der Waals surface area contributed by atoms with Crippen molar-refractivity contribution in [1.29, 1.82) is 0 Å². The zero-order valence-corrected chi connectivity index (χ0v) is 9.34. The van der Waals surface area contributed by atoms with Gasteiger partial charge in [-0.15, -0.1) is 0 Å². The molecule has 0 saturated carbocycles. The minimum Gasteiger partial charge on any atom is -0.330 e. The normalized spacial score (nSPS) is 10.1. The number of carbonyl (C=O) groups is 1. The summed E-state index contributed by atoms with van der Waals surface area (Å²) in [5, 5.41) is 2.91. The highest BCUT2D eigenvalue weighted by molar-refractivity contribution is 5.92. The fourth-order valence-corrected chi connectivity index (χ4v) is 1.54. The van der Waals surface area contributed by atoms with Gasteiger partial charge in [-0.3, -0.25) is 4.79 Å². The maximum absolute atomic E-state index is 11.4. The third kappa shape index (κ3) is 3.06. The van der Waals surface area contributed by atoms with E-state index < -0.39 is 0 Å². The van der Waals surface area contributed by atoms with E-state index in [1.54, 1.807) is 0 Å². The van der Waals surface area contributed by atoms with Crippen molar-refractivity contribution in [3.8, 4) is 0 Å². The number of amides is 1. The van der Waals surface area contributed by atoms with Gasteiger partial charge >= 0.3 is 0 Å². The van der Waals surface area contributed by atoms with Crippen molar-refractivity contribution < 1.29 is 4.79 Å². The molecule has 1 amide bonds. The second-order valence-corrected chi connectivity index (χ2v) is 3.55. The molecule has 0 aromatic heterocycles. The molecule has 0 aliphatic heterocycles. The fraction of sp³-hybridized carbons (Fsp3) is 0.417. The van der Waals surface area contributed by atoms with Gasteiger partial charge in [0, 0.05) is 18.7 Å². The molecule has 1 aromatic rings. The topological polar surface area (TPSA) is 55.1 Å². The maximum atomic E-state index is 11.4. The van der Waals surface area contributed by atoms with E-state index in [0.717, 1.165) is 17.7 Å². The molecule has 0 aliphatic carbocycles. The number of hydrogen-bond donors (Lipinski definition) is 2. The first kappa shape index (κ1) is 11.7. The molecule has 1 rings (SSSR count). The quantitative estimate of drug-likeness (QED) is 0.789. The van der Waals surface area contributed by atoms with Gasteiger partial charge in [0.25, 0.3) is 0 Å². The van der Waals surface area contributed by atoms with Gasteiger partial charge in [0.15, 0.2) is 0 Å². The van der Waals surface area contributed by atoms with Crippen LogP contribution in [-0.4, -0.2) is 12.5 Å². The molecule has 82 valence electrons. The van der Waals surface area contributed by atoms with Gasteiger partial charge < -0.3 is 11.1 Å². The van der Waals surface area contributed by atoms with E-state index >= 15 is 0 Å². The molecule has 0 heterocycles. The van der Waals surface area contributed by atoms with Gasteiger partial charge in [0.2, 0.25) is 5.91 Å². The SMILES string of the molecule is CCc1cccc(C)c1NC(=O)CCN. The lowest BCUT2D eigenvalue weighted by atomic mass is 10.1. The maximum Gasteiger partial charge on any atom is 0.225 e. The lowest BCUT2D eigenvalue weighted by Gasteiger charge is -2.12. The average molecular weight is 206 g/mol. The Balaban J connectivity index is 2.87. The minimum absolute atomic E-state index is 0.0125. The molecule has 1 aromatic carbocycles. The van der Waals surface area contributed by atoms with Crippen LogP contribution < -0.4 is 11.1 Å². The third-order valence-corrected chi connectivity index (χ3v) is 2.38. The Kier molecular flexibility index (Phi) is 4.31. The zero-order chi connectivity index (χ0) is 11.3. The number of aryl methyl sites for hydroxylation is 2. The number of para-hydroxylation sites is 1. The summed E-state index contributed by atoms with van der Waals surface area (Å²) in [4.78, 5) is 11.4. The predicted octanol–water partition coefficient (Wildman–Crippen LogP) is 1.84. The summed E-state index contributed by atoms with van der Waals surface area (Å²) in [6, 6.07) is 6.04. The average Bonchev–Trinajstić information content (AvgIpc) is 2.21. The summed E-state index contributed by atoms with van der Waals surface area (Å²) in [6.45, 7) is 4.46. The number of anilines is 1. The smallest absolute Gasteiger partial charge is 0.225 e. The number of nitrogens with one attached hydrogen (secondary N) is 1. The van der Waals surface area contributed by atoms with Crippen LogP contribution in [0.25, 0.3) is 0 Å². The lowest BCUT2D eigenvalue weighted by molar-refractivity contribution is -0.116. The third-order valence-electron chi connectivity index (χ3n) is 2.38. The summed E-state index contributed by atoms with van der Waals surface area (Å²) in [5.41, 5.74) is 8.54. The summed E-state index contributed by atoms with van der Waals surface area (Å²) < 4.78 is 0. The van der Waals surface area contributed by atoms with Crippen LogP contribution >= 0.6 is 0 Å². The van der Waals surface area contributed by atoms with Crippen LogP contribution in [0.15, 0.2) is 18.2 Å². The summed E-state index contributed by atoms with van der Waals surface area (Å²) in [7, 11) is 0. The van der Waals surface area contributed by atoms with Crippen LogP contribution in [0.1, 0.15) is 24.5 Å². The Bertz CT molecular complexity index is 347. The zero-order valence-electron chi connectivity index (χ0n) is 9.34. The van der Waals surface area contributed by atoms with E-state index in [1.165, 1.54) is 5.56 Å². The first-order chi connectivity index (χ1) is 7.19. The Hall–Kier alpha value is -1.35. The van der Waals surface area contributed by atoms with Gasteiger partial charge in [-0.1, -0.05) is 25.1 Å². The van der Waals surface area contributed by atoms with Crippen molar-refractivity contribution in [3.05, 3.63) is 29.3 Å². The minimum atomic E-state index is -0.0125. The van der Waals surface area contributed by atoms with Gasteiger partial charge in [-0.2, -0.15) is 0 Å². The van der Waals surface area contributed by atoms with E-state index in [0.29, 0.717) is 13.0 Å². The number of hydrogen-bond acceptors (Lipinski definition) is 2. The van der Waals surface area contributed by atoms with Gasteiger partial charge in [0.05, 0.1) is 0 Å². The second kappa shape index (κ2) is 5.51. The molecular formula is C12H18N2O. The molecular weight excluding hydrogens is 188 g/mol. The highest BCUT2D eigenvalue weighted by Crippen LogP contribution is 2.20. The molecule has 3 heteroatoms. The second-order valence-electron chi connectivity index (χ2n) is 3.55. The summed E-state index contributed by atoms with van der Waals surface area (Å²) in [6.07, 6.45) is 1.29. The van der Waals surface area contributed by atoms with E-state index in [4.69, 9.17) is 5.73 Å². The lowest BCUT2D eigenvalue weighted by Crippen LogP contribution is -2.17. The van der Waals surface area contributed by atoms with Crippen LogP contribution in [0.3, 0.4) is 0 Å². The molecule has 3 N–H and O–H groups in total. The number of nitrogens with two attached hydrogens (primary N) is 1. The molecule has 0 saturated heterocycles. The molecule has 0 radical (unpaired) electrons. The molecule has 0 fully saturated rings. The van der Waals surface area contributed by atoms with Crippen LogP contribution in [0.5, 0.6) is 0 Å². The molecule has 0 atom stereocenters. The van der Waals surface area contributed by atoms with Crippen molar-refractivity contribution in [3.63, 3.8) is 0 Å². The van der Waals surface area contributed by atoms with Crippen molar-refractivity contribution in [2.24, 2.45) is 5.73 Å². The summed E-state index contributed by atoms with van der Waals surface area (Å²) >= 11 is 0. The van der Waals surface area contributed by atoms with Crippen LogP contribution in [-0.2, 0) is 11.2 Å². The van der Waals surface area contributed by atoms with Gasteiger partial charge in [-0.05, 0) is 24.5 Å². The van der Waals surface area contributed by atoms with E-state index in [1.807, 2.05) is 25.1 Å². The molecule has 0 spiro atoms. The van der Waals surface area contributed by atoms with Gasteiger partial charge in [-0.25, -0.2) is 0 Å². The number of benzene rings is 1.